The van der Waals surface area contributed by atoms with E-state index in [-0.39, 0.29) is 11.3 Å². The van der Waals surface area contributed by atoms with Crippen LogP contribution in [0.4, 0.5) is 0 Å². The molecule has 2 aromatic rings. The van der Waals surface area contributed by atoms with Gasteiger partial charge in [0.15, 0.2) is 0 Å². The molecule has 0 bridgehead atoms. The van der Waals surface area contributed by atoms with Crippen LogP contribution < -0.4 is 0 Å². The predicted octanol–water partition coefficient (Wildman–Crippen LogP) is 3.50. The second-order valence-corrected chi connectivity index (χ2v) is 5.97. The van der Waals surface area contributed by atoms with E-state index in [1.807, 2.05) is 41.3 Å². The summed E-state index contributed by atoms with van der Waals surface area (Å²) in [5.74, 6) is 0.841. The van der Waals surface area contributed by atoms with Gasteiger partial charge in [0.1, 0.15) is 5.37 Å². The lowest BCUT2D eigenvalue weighted by Crippen LogP contribution is -2.30. The molecule has 1 amide bonds. The summed E-state index contributed by atoms with van der Waals surface area (Å²) >= 11 is 1.72. The van der Waals surface area contributed by atoms with E-state index >= 15 is 0 Å². The number of hydrogen-bond donors (Lipinski definition) is 0. The van der Waals surface area contributed by atoms with Crippen LogP contribution in [0.3, 0.4) is 0 Å². The Balaban J connectivity index is 1.71. The van der Waals surface area contributed by atoms with Gasteiger partial charge < -0.3 is 4.90 Å². The van der Waals surface area contributed by atoms with E-state index in [1.54, 1.807) is 11.8 Å². The highest BCUT2D eigenvalue weighted by Crippen LogP contribution is 2.38. The molecule has 1 saturated heterocycles. The molecule has 1 aliphatic heterocycles. The third kappa shape index (κ3) is 2.88. The zero-order valence-corrected chi connectivity index (χ0v) is 12.1. The van der Waals surface area contributed by atoms with Gasteiger partial charge in [0, 0.05) is 6.54 Å². The maximum atomic E-state index is 12.1. The van der Waals surface area contributed by atoms with Gasteiger partial charge in [-0.05, 0) is 17.5 Å². The van der Waals surface area contributed by atoms with Crippen molar-refractivity contribution in [3.63, 3.8) is 0 Å². The number of amides is 1. The molecule has 0 aromatic heterocycles. The Labute approximate surface area is 123 Å². The van der Waals surface area contributed by atoms with Crippen molar-refractivity contribution in [1.29, 1.82) is 0 Å². The summed E-state index contributed by atoms with van der Waals surface area (Å²) in [4.78, 5) is 14.1. The summed E-state index contributed by atoms with van der Waals surface area (Å²) in [6.07, 6.45) is 0.913. The van der Waals surface area contributed by atoms with Crippen molar-refractivity contribution in [1.82, 2.24) is 4.90 Å². The van der Waals surface area contributed by atoms with E-state index in [2.05, 4.69) is 24.3 Å². The van der Waals surface area contributed by atoms with Crippen LogP contribution in [0, 0.1) is 0 Å². The highest BCUT2D eigenvalue weighted by Gasteiger charge is 2.32. The Morgan fingerprint density at radius 3 is 2.35 bits per heavy atom. The fourth-order valence-corrected chi connectivity index (χ4v) is 3.70. The standard InChI is InChI=1S/C17H17NOS/c19-16-13-20-17(15-9-5-2-6-10-15)18(16)12-11-14-7-3-1-4-8-14/h1-10,17H,11-13H2/t17-/m1/s1. The number of rotatable bonds is 4. The van der Waals surface area contributed by atoms with Crippen LogP contribution in [0.2, 0.25) is 0 Å². The van der Waals surface area contributed by atoms with Crippen molar-refractivity contribution in [2.75, 3.05) is 12.3 Å². The first kappa shape index (κ1) is 13.3. The minimum absolute atomic E-state index is 0.174. The van der Waals surface area contributed by atoms with Crippen LogP contribution in [-0.2, 0) is 11.2 Å². The Morgan fingerprint density at radius 2 is 1.65 bits per heavy atom. The lowest BCUT2D eigenvalue weighted by molar-refractivity contribution is -0.128. The van der Waals surface area contributed by atoms with Crippen molar-refractivity contribution in [3.05, 3.63) is 71.8 Å². The van der Waals surface area contributed by atoms with Crippen LogP contribution in [-0.4, -0.2) is 23.1 Å². The van der Waals surface area contributed by atoms with Gasteiger partial charge in [-0.3, -0.25) is 4.79 Å². The van der Waals surface area contributed by atoms with Crippen molar-refractivity contribution in [2.45, 2.75) is 11.8 Å². The van der Waals surface area contributed by atoms with Crippen LogP contribution in [0.25, 0.3) is 0 Å². The summed E-state index contributed by atoms with van der Waals surface area (Å²) in [6, 6.07) is 20.6. The molecule has 3 heteroatoms. The van der Waals surface area contributed by atoms with Crippen molar-refractivity contribution < 1.29 is 4.79 Å². The second-order valence-electron chi connectivity index (χ2n) is 4.90. The van der Waals surface area contributed by atoms with E-state index in [0.717, 1.165) is 13.0 Å². The van der Waals surface area contributed by atoms with Gasteiger partial charge in [-0.2, -0.15) is 0 Å². The lowest BCUT2D eigenvalue weighted by Gasteiger charge is -2.24. The smallest absolute Gasteiger partial charge is 0.233 e. The maximum Gasteiger partial charge on any atom is 0.233 e. The van der Waals surface area contributed by atoms with Gasteiger partial charge in [-0.25, -0.2) is 0 Å². The summed E-state index contributed by atoms with van der Waals surface area (Å²) in [5.41, 5.74) is 2.50. The Hall–Kier alpha value is -1.74. The highest BCUT2D eigenvalue weighted by atomic mass is 32.2. The Bertz CT molecular complexity index is 570. The molecule has 0 spiro atoms. The first-order chi connectivity index (χ1) is 9.84. The predicted molar refractivity (Wildman–Crippen MR) is 83.5 cm³/mol. The molecule has 1 atom stereocenters. The molecule has 20 heavy (non-hydrogen) atoms. The van der Waals surface area contributed by atoms with Crippen molar-refractivity contribution in [2.24, 2.45) is 0 Å². The molecule has 3 rings (SSSR count). The molecular formula is C17H17NOS. The minimum atomic E-state index is 0.174. The molecule has 0 unspecified atom stereocenters. The topological polar surface area (TPSA) is 20.3 Å². The van der Waals surface area contributed by atoms with Crippen LogP contribution in [0.1, 0.15) is 16.5 Å². The fraction of sp³-hybridized carbons (Fsp3) is 0.235. The molecule has 0 N–H and O–H groups in total. The summed E-state index contributed by atoms with van der Waals surface area (Å²) in [5, 5.41) is 0.174. The van der Waals surface area contributed by atoms with E-state index in [4.69, 9.17) is 0 Å². The van der Waals surface area contributed by atoms with Crippen molar-refractivity contribution in [3.8, 4) is 0 Å². The summed E-state index contributed by atoms with van der Waals surface area (Å²) in [7, 11) is 0. The molecule has 0 radical (unpaired) electrons. The van der Waals surface area contributed by atoms with Crippen LogP contribution in [0.15, 0.2) is 60.7 Å². The monoisotopic (exact) mass is 283 g/mol. The third-order valence-electron chi connectivity index (χ3n) is 3.54. The minimum Gasteiger partial charge on any atom is -0.326 e. The molecule has 1 fully saturated rings. The number of carbonyl (C=O) groups excluding carboxylic acids is 1. The summed E-state index contributed by atoms with van der Waals surface area (Å²) in [6.45, 7) is 0.787. The van der Waals surface area contributed by atoms with Crippen molar-refractivity contribution >= 4 is 17.7 Å². The van der Waals surface area contributed by atoms with Gasteiger partial charge in [0.25, 0.3) is 0 Å². The number of nitrogens with zero attached hydrogens (tertiary/aromatic N) is 1. The van der Waals surface area contributed by atoms with E-state index < -0.39 is 0 Å². The largest absolute Gasteiger partial charge is 0.326 e. The molecule has 2 nitrogen and oxygen atoms in total. The number of carbonyl (C=O) groups is 1. The number of benzene rings is 2. The third-order valence-corrected chi connectivity index (χ3v) is 4.79. The van der Waals surface area contributed by atoms with E-state index in [0.29, 0.717) is 5.75 Å². The number of hydrogen-bond acceptors (Lipinski definition) is 2. The van der Waals surface area contributed by atoms with Gasteiger partial charge in [-0.1, -0.05) is 60.7 Å². The molecular weight excluding hydrogens is 266 g/mol. The lowest BCUT2D eigenvalue weighted by atomic mass is 10.1. The molecule has 2 aromatic carbocycles. The van der Waals surface area contributed by atoms with Gasteiger partial charge >= 0.3 is 0 Å². The quantitative estimate of drug-likeness (QED) is 0.856. The SMILES string of the molecule is O=C1CS[C@H](c2ccccc2)N1CCc1ccccc1. The molecule has 102 valence electrons. The van der Waals surface area contributed by atoms with Gasteiger partial charge in [0.05, 0.1) is 5.75 Å². The second kappa shape index (κ2) is 6.14. The fourth-order valence-electron chi connectivity index (χ4n) is 2.48. The summed E-state index contributed by atoms with van der Waals surface area (Å²) < 4.78 is 0. The Kier molecular flexibility index (Phi) is 4.07. The van der Waals surface area contributed by atoms with E-state index in [9.17, 15) is 4.79 Å². The average molecular weight is 283 g/mol. The van der Waals surface area contributed by atoms with Crippen LogP contribution >= 0.6 is 11.8 Å². The zero-order chi connectivity index (χ0) is 13.8. The molecule has 0 saturated carbocycles. The molecule has 1 heterocycles. The van der Waals surface area contributed by atoms with Crippen LogP contribution in [0.5, 0.6) is 0 Å². The average Bonchev–Trinajstić information content (AvgIpc) is 2.88. The van der Waals surface area contributed by atoms with E-state index in [1.165, 1.54) is 11.1 Å². The first-order valence-corrected chi connectivity index (χ1v) is 7.89. The maximum absolute atomic E-state index is 12.1. The Morgan fingerprint density at radius 1 is 1.00 bits per heavy atom. The zero-order valence-electron chi connectivity index (χ0n) is 11.2. The number of thioether (sulfide) groups is 1. The molecule has 0 aliphatic carbocycles. The first-order valence-electron chi connectivity index (χ1n) is 6.84. The van der Waals surface area contributed by atoms with Gasteiger partial charge in [0.2, 0.25) is 5.91 Å². The van der Waals surface area contributed by atoms with Gasteiger partial charge in [-0.15, -0.1) is 11.8 Å². The normalized spacial score (nSPS) is 18.5. The molecule has 1 aliphatic rings. The highest BCUT2D eigenvalue weighted by molar-refractivity contribution is 8.00.